The molecule has 0 unspecified atom stereocenters. The highest BCUT2D eigenvalue weighted by Crippen LogP contribution is 2.31. The topological polar surface area (TPSA) is 15.7 Å². The molecule has 3 aromatic carbocycles. The summed E-state index contributed by atoms with van der Waals surface area (Å²) in [7, 11) is 0. The maximum atomic E-state index is 13.4. The van der Waals surface area contributed by atoms with Crippen LogP contribution in [0.15, 0.2) is 78.9 Å². The van der Waals surface area contributed by atoms with E-state index < -0.39 is 0 Å². The Morgan fingerprint density at radius 1 is 0.867 bits per heavy atom. The normalized spacial score (nSPS) is 15.7. The maximum Gasteiger partial charge on any atom is 0.139 e. The minimum atomic E-state index is -0.361. The third-order valence-corrected chi connectivity index (χ3v) is 5.83. The van der Waals surface area contributed by atoms with Gasteiger partial charge in [0.2, 0.25) is 0 Å². The fourth-order valence-electron chi connectivity index (χ4n) is 3.85. The lowest BCUT2D eigenvalue weighted by Gasteiger charge is -2.36. The summed E-state index contributed by atoms with van der Waals surface area (Å²) in [6.45, 7) is 5.01. The fraction of sp³-hybridized carbons (Fsp3) is 0.280. The molecule has 1 fully saturated rings. The molecule has 0 N–H and O–H groups in total. The van der Waals surface area contributed by atoms with Gasteiger partial charge in [0.1, 0.15) is 17.7 Å². The van der Waals surface area contributed by atoms with Gasteiger partial charge in [-0.2, -0.15) is 0 Å². The van der Waals surface area contributed by atoms with Gasteiger partial charge in [-0.15, -0.1) is 0 Å². The van der Waals surface area contributed by atoms with Gasteiger partial charge in [-0.1, -0.05) is 60.1 Å². The third-order valence-electron chi connectivity index (χ3n) is 5.54. The van der Waals surface area contributed by atoms with Crippen LogP contribution in [0.3, 0.4) is 0 Å². The Morgan fingerprint density at radius 2 is 1.53 bits per heavy atom. The summed E-state index contributed by atoms with van der Waals surface area (Å²) in [5.41, 5.74) is 2.38. The minimum absolute atomic E-state index is 0.138. The van der Waals surface area contributed by atoms with E-state index in [4.69, 9.17) is 16.3 Å². The first-order chi connectivity index (χ1) is 14.7. The Labute approximate surface area is 182 Å². The second-order valence-electron chi connectivity index (χ2n) is 7.54. The Balaban J connectivity index is 1.38. The zero-order valence-corrected chi connectivity index (χ0v) is 17.6. The number of piperazine rings is 1. The Kier molecular flexibility index (Phi) is 6.88. The maximum absolute atomic E-state index is 13.4. The van der Waals surface area contributed by atoms with Crippen molar-refractivity contribution < 1.29 is 9.13 Å². The predicted octanol–water partition coefficient (Wildman–Crippen LogP) is 5.81. The van der Waals surface area contributed by atoms with Crippen molar-refractivity contribution >= 4 is 17.3 Å². The first-order valence-electron chi connectivity index (χ1n) is 10.4. The monoisotopic (exact) mass is 424 g/mol. The van der Waals surface area contributed by atoms with Crippen LogP contribution in [-0.2, 0) is 0 Å². The molecule has 4 rings (SSSR count). The smallest absolute Gasteiger partial charge is 0.139 e. The van der Waals surface area contributed by atoms with E-state index in [0.717, 1.165) is 44.7 Å². The standard InChI is InChI=1S/C25H26ClFN2O/c26-23-19-21(27)11-12-25(23)30-24(20-7-3-1-4-8-20)13-14-28-15-17-29(18-16-28)22-9-5-2-6-10-22/h1-12,19,24H,13-18H2/t24-/m1/s1. The zero-order valence-electron chi connectivity index (χ0n) is 16.9. The van der Waals surface area contributed by atoms with Gasteiger partial charge < -0.3 is 9.64 Å². The van der Waals surface area contributed by atoms with Crippen LogP contribution in [0.1, 0.15) is 18.1 Å². The Bertz CT molecular complexity index is 930. The van der Waals surface area contributed by atoms with Crippen molar-refractivity contribution in [2.75, 3.05) is 37.6 Å². The van der Waals surface area contributed by atoms with Crippen molar-refractivity contribution in [1.82, 2.24) is 4.90 Å². The fourth-order valence-corrected chi connectivity index (χ4v) is 4.07. The second kappa shape index (κ2) is 9.96. The van der Waals surface area contributed by atoms with Gasteiger partial charge in [0.25, 0.3) is 0 Å². The van der Waals surface area contributed by atoms with Crippen molar-refractivity contribution in [2.45, 2.75) is 12.5 Å². The molecule has 1 aliphatic heterocycles. The number of hydrogen-bond donors (Lipinski definition) is 0. The van der Waals surface area contributed by atoms with Crippen LogP contribution in [0.2, 0.25) is 5.02 Å². The highest BCUT2D eigenvalue weighted by Gasteiger charge is 2.20. The van der Waals surface area contributed by atoms with Crippen LogP contribution in [0.5, 0.6) is 5.75 Å². The van der Waals surface area contributed by atoms with Crippen molar-refractivity contribution in [2.24, 2.45) is 0 Å². The summed E-state index contributed by atoms with van der Waals surface area (Å²) in [5, 5.41) is 0.299. The molecule has 1 aliphatic rings. The van der Waals surface area contributed by atoms with Gasteiger partial charge >= 0.3 is 0 Å². The quantitative estimate of drug-likeness (QED) is 0.476. The molecule has 0 radical (unpaired) electrons. The Hall–Kier alpha value is -2.56. The molecular weight excluding hydrogens is 399 g/mol. The van der Waals surface area contributed by atoms with Crippen molar-refractivity contribution in [1.29, 1.82) is 0 Å². The van der Waals surface area contributed by atoms with Gasteiger partial charge in [-0.25, -0.2) is 4.39 Å². The number of benzene rings is 3. The first-order valence-corrected chi connectivity index (χ1v) is 10.8. The molecule has 0 bridgehead atoms. The summed E-state index contributed by atoms with van der Waals surface area (Å²) in [5.74, 6) is 0.153. The summed E-state index contributed by atoms with van der Waals surface area (Å²) in [6.07, 6.45) is 0.699. The molecule has 156 valence electrons. The summed E-state index contributed by atoms with van der Waals surface area (Å²) >= 11 is 6.20. The van der Waals surface area contributed by atoms with Crippen LogP contribution in [-0.4, -0.2) is 37.6 Å². The summed E-state index contributed by atoms with van der Waals surface area (Å²) in [4.78, 5) is 4.91. The van der Waals surface area contributed by atoms with Crippen molar-refractivity contribution in [3.63, 3.8) is 0 Å². The highest BCUT2D eigenvalue weighted by molar-refractivity contribution is 6.32. The van der Waals surface area contributed by atoms with E-state index in [-0.39, 0.29) is 11.9 Å². The molecule has 1 atom stereocenters. The van der Waals surface area contributed by atoms with Gasteiger partial charge in [-0.3, -0.25) is 4.90 Å². The number of para-hydroxylation sites is 1. The molecule has 0 saturated carbocycles. The molecule has 0 aromatic heterocycles. The van der Waals surface area contributed by atoms with Gasteiger partial charge in [-0.05, 0) is 35.9 Å². The Morgan fingerprint density at radius 3 is 2.20 bits per heavy atom. The van der Waals surface area contributed by atoms with E-state index in [1.54, 1.807) is 6.07 Å². The molecular formula is C25H26ClFN2O. The lowest BCUT2D eigenvalue weighted by Crippen LogP contribution is -2.46. The zero-order chi connectivity index (χ0) is 20.8. The van der Waals surface area contributed by atoms with Gasteiger partial charge in [0, 0.05) is 44.8 Å². The van der Waals surface area contributed by atoms with Crippen LogP contribution in [0, 0.1) is 5.82 Å². The molecule has 0 amide bonds. The number of rotatable bonds is 7. The molecule has 5 heteroatoms. The molecule has 3 aromatic rings. The summed E-state index contributed by atoms with van der Waals surface area (Å²) < 4.78 is 19.6. The van der Waals surface area contributed by atoms with E-state index in [2.05, 4.69) is 52.3 Å². The van der Waals surface area contributed by atoms with E-state index >= 15 is 0 Å². The van der Waals surface area contributed by atoms with Crippen molar-refractivity contribution in [3.05, 3.63) is 95.3 Å². The van der Waals surface area contributed by atoms with Crippen LogP contribution in [0.25, 0.3) is 0 Å². The summed E-state index contributed by atoms with van der Waals surface area (Å²) in [6, 6.07) is 25.0. The number of halogens is 2. The predicted molar refractivity (Wildman–Crippen MR) is 121 cm³/mol. The van der Waals surface area contributed by atoms with Gasteiger partial charge in [0.15, 0.2) is 0 Å². The lowest BCUT2D eigenvalue weighted by atomic mass is 10.1. The molecule has 0 spiro atoms. The largest absolute Gasteiger partial charge is 0.484 e. The molecule has 1 saturated heterocycles. The van der Waals surface area contributed by atoms with Crippen molar-refractivity contribution in [3.8, 4) is 5.75 Å². The molecule has 1 heterocycles. The van der Waals surface area contributed by atoms with E-state index in [1.165, 1.54) is 17.8 Å². The molecule has 0 aliphatic carbocycles. The number of nitrogens with zero attached hydrogens (tertiary/aromatic N) is 2. The highest BCUT2D eigenvalue weighted by atomic mass is 35.5. The lowest BCUT2D eigenvalue weighted by molar-refractivity contribution is 0.160. The van der Waals surface area contributed by atoms with Crippen LogP contribution >= 0.6 is 11.6 Å². The average Bonchev–Trinajstić information content (AvgIpc) is 2.79. The number of hydrogen-bond acceptors (Lipinski definition) is 3. The number of anilines is 1. The van der Waals surface area contributed by atoms with E-state index in [1.807, 2.05) is 18.2 Å². The molecule has 30 heavy (non-hydrogen) atoms. The van der Waals surface area contributed by atoms with Gasteiger partial charge in [0.05, 0.1) is 5.02 Å². The average molecular weight is 425 g/mol. The minimum Gasteiger partial charge on any atom is -0.484 e. The van der Waals surface area contributed by atoms with E-state index in [9.17, 15) is 4.39 Å². The molecule has 3 nitrogen and oxygen atoms in total. The SMILES string of the molecule is Fc1ccc(O[C@H](CCN2CCN(c3ccccc3)CC2)c2ccccc2)c(Cl)c1. The second-order valence-corrected chi connectivity index (χ2v) is 7.95. The third kappa shape index (κ3) is 5.32. The van der Waals surface area contributed by atoms with E-state index in [0.29, 0.717) is 10.8 Å². The number of ether oxygens (including phenoxy) is 1. The first kappa shape index (κ1) is 20.7. The van der Waals surface area contributed by atoms with Crippen LogP contribution in [0.4, 0.5) is 10.1 Å². The van der Waals surface area contributed by atoms with Crippen LogP contribution < -0.4 is 9.64 Å².